The Kier molecular flexibility index (Phi) is 3.57. The molecular weight excluding hydrogens is 248 g/mol. The molecule has 0 aliphatic carbocycles. The van der Waals surface area contributed by atoms with Crippen LogP contribution in [-0.4, -0.2) is 15.1 Å². The van der Waals surface area contributed by atoms with Crippen molar-refractivity contribution >= 4 is 22.9 Å². The third-order valence-electron chi connectivity index (χ3n) is 2.52. The zero-order valence-electron chi connectivity index (χ0n) is 10.2. The largest absolute Gasteiger partial charge is 0.389 e. The fourth-order valence-corrected chi connectivity index (χ4v) is 2.05. The Bertz CT molecular complexity index is 566. The van der Waals surface area contributed by atoms with Gasteiger partial charge in [-0.3, -0.25) is 4.98 Å². The van der Waals surface area contributed by atoms with Crippen LogP contribution in [0.2, 0.25) is 0 Å². The lowest BCUT2D eigenvalue weighted by Crippen LogP contribution is -2.16. The summed E-state index contributed by atoms with van der Waals surface area (Å²) in [4.78, 5) is 4.69. The van der Waals surface area contributed by atoms with Gasteiger partial charge in [0.2, 0.25) is 0 Å². The van der Waals surface area contributed by atoms with E-state index in [2.05, 4.69) is 15.5 Å². The Labute approximate surface area is 110 Å². The molecule has 0 radical (unpaired) electrons. The molecule has 0 unspecified atom stereocenters. The van der Waals surface area contributed by atoms with Gasteiger partial charge in [-0.2, -0.15) is 0 Å². The van der Waals surface area contributed by atoms with Crippen LogP contribution in [-0.2, 0) is 6.54 Å². The molecule has 0 fully saturated rings. The Morgan fingerprint density at radius 3 is 2.89 bits per heavy atom. The standard InChI is InChI=1S/C12H14N4OS/c1-7-5-10(11(12(13)18)8(2)16-7)14-6-9-3-4-15-17-9/h3-5H,6H2,1-2H3,(H2,13,18)(H,14,16). The second-order valence-electron chi connectivity index (χ2n) is 3.97. The molecule has 0 saturated heterocycles. The SMILES string of the molecule is Cc1cc(NCc2ccno2)c(C(N)=S)c(C)n1. The van der Waals surface area contributed by atoms with Gasteiger partial charge in [0, 0.05) is 23.1 Å². The average Bonchev–Trinajstić information content (AvgIpc) is 2.77. The van der Waals surface area contributed by atoms with E-state index in [0.29, 0.717) is 11.5 Å². The van der Waals surface area contributed by atoms with Gasteiger partial charge in [-0.05, 0) is 19.9 Å². The number of anilines is 1. The van der Waals surface area contributed by atoms with E-state index < -0.39 is 0 Å². The van der Waals surface area contributed by atoms with Crippen molar-refractivity contribution in [2.24, 2.45) is 5.73 Å². The second kappa shape index (κ2) is 5.14. The molecule has 0 atom stereocenters. The van der Waals surface area contributed by atoms with Crippen LogP contribution < -0.4 is 11.1 Å². The summed E-state index contributed by atoms with van der Waals surface area (Å²) in [6.07, 6.45) is 1.61. The molecule has 5 nitrogen and oxygen atoms in total. The Morgan fingerprint density at radius 2 is 2.28 bits per heavy atom. The van der Waals surface area contributed by atoms with E-state index in [1.165, 1.54) is 0 Å². The minimum absolute atomic E-state index is 0.333. The van der Waals surface area contributed by atoms with E-state index in [-0.39, 0.29) is 0 Å². The number of nitrogens with two attached hydrogens (primary N) is 1. The van der Waals surface area contributed by atoms with Crippen molar-refractivity contribution in [2.45, 2.75) is 20.4 Å². The number of nitrogens with one attached hydrogen (secondary N) is 1. The van der Waals surface area contributed by atoms with Gasteiger partial charge in [-0.15, -0.1) is 0 Å². The fourth-order valence-electron chi connectivity index (χ4n) is 1.79. The number of aryl methyl sites for hydroxylation is 2. The van der Waals surface area contributed by atoms with Crippen molar-refractivity contribution < 1.29 is 4.52 Å². The number of rotatable bonds is 4. The van der Waals surface area contributed by atoms with Crippen LogP contribution in [0.1, 0.15) is 22.7 Å². The summed E-state index contributed by atoms with van der Waals surface area (Å²) in [5.74, 6) is 0.746. The van der Waals surface area contributed by atoms with E-state index in [1.807, 2.05) is 19.9 Å². The summed E-state index contributed by atoms with van der Waals surface area (Å²) in [7, 11) is 0. The summed E-state index contributed by atoms with van der Waals surface area (Å²) in [5.41, 5.74) is 9.10. The normalized spacial score (nSPS) is 10.3. The van der Waals surface area contributed by atoms with E-state index in [0.717, 1.165) is 28.4 Å². The van der Waals surface area contributed by atoms with E-state index in [1.54, 1.807) is 12.3 Å². The zero-order chi connectivity index (χ0) is 13.1. The Morgan fingerprint density at radius 1 is 1.50 bits per heavy atom. The van der Waals surface area contributed by atoms with Crippen molar-refractivity contribution in [2.75, 3.05) is 5.32 Å². The highest BCUT2D eigenvalue weighted by molar-refractivity contribution is 7.80. The highest BCUT2D eigenvalue weighted by Gasteiger charge is 2.11. The molecule has 0 bridgehead atoms. The topological polar surface area (TPSA) is 77.0 Å². The second-order valence-corrected chi connectivity index (χ2v) is 4.41. The lowest BCUT2D eigenvalue weighted by atomic mass is 10.1. The molecule has 6 heteroatoms. The quantitative estimate of drug-likeness (QED) is 0.820. The lowest BCUT2D eigenvalue weighted by Gasteiger charge is -2.13. The van der Waals surface area contributed by atoms with E-state index >= 15 is 0 Å². The van der Waals surface area contributed by atoms with Gasteiger partial charge < -0.3 is 15.6 Å². The molecule has 2 aromatic rings. The summed E-state index contributed by atoms with van der Waals surface area (Å²) >= 11 is 5.06. The van der Waals surface area contributed by atoms with Crippen LogP contribution in [0, 0.1) is 13.8 Å². The van der Waals surface area contributed by atoms with Crippen LogP contribution in [0.25, 0.3) is 0 Å². The van der Waals surface area contributed by atoms with Crippen LogP contribution >= 0.6 is 12.2 Å². The van der Waals surface area contributed by atoms with Crippen LogP contribution in [0.15, 0.2) is 22.9 Å². The minimum atomic E-state index is 0.333. The smallest absolute Gasteiger partial charge is 0.155 e. The Balaban J connectivity index is 2.28. The summed E-state index contributed by atoms with van der Waals surface area (Å²) < 4.78 is 5.02. The fraction of sp³-hybridized carbons (Fsp3) is 0.250. The first-order valence-corrected chi connectivity index (χ1v) is 5.90. The molecule has 2 heterocycles. The van der Waals surface area contributed by atoms with Crippen LogP contribution in [0.3, 0.4) is 0 Å². The van der Waals surface area contributed by atoms with Crippen molar-refractivity contribution in [3.05, 3.63) is 41.0 Å². The van der Waals surface area contributed by atoms with Crippen LogP contribution in [0.5, 0.6) is 0 Å². The number of nitrogens with zero attached hydrogens (tertiary/aromatic N) is 2. The predicted octanol–water partition coefficient (Wildman–Crippen LogP) is 1.93. The van der Waals surface area contributed by atoms with Gasteiger partial charge in [0.05, 0.1) is 18.3 Å². The van der Waals surface area contributed by atoms with Crippen molar-refractivity contribution in [1.29, 1.82) is 0 Å². The first-order chi connectivity index (χ1) is 8.58. The molecule has 0 amide bonds. The molecule has 0 spiro atoms. The van der Waals surface area contributed by atoms with Gasteiger partial charge in [0.1, 0.15) is 4.99 Å². The minimum Gasteiger partial charge on any atom is -0.389 e. The Hall–Kier alpha value is -1.95. The molecule has 2 rings (SSSR count). The zero-order valence-corrected chi connectivity index (χ0v) is 11.0. The molecule has 0 saturated carbocycles. The van der Waals surface area contributed by atoms with Crippen molar-refractivity contribution in [1.82, 2.24) is 10.1 Å². The highest BCUT2D eigenvalue weighted by atomic mass is 32.1. The van der Waals surface area contributed by atoms with Crippen molar-refractivity contribution in [3.63, 3.8) is 0 Å². The average molecular weight is 262 g/mol. The van der Waals surface area contributed by atoms with Gasteiger partial charge in [-0.1, -0.05) is 17.4 Å². The molecule has 0 aromatic carbocycles. The number of aromatic nitrogens is 2. The predicted molar refractivity (Wildman–Crippen MR) is 73.4 cm³/mol. The van der Waals surface area contributed by atoms with Gasteiger partial charge in [-0.25, -0.2) is 0 Å². The lowest BCUT2D eigenvalue weighted by molar-refractivity contribution is 0.388. The first-order valence-electron chi connectivity index (χ1n) is 5.49. The third kappa shape index (κ3) is 2.65. The maximum atomic E-state index is 5.73. The maximum absolute atomic E-state index is 5.73. The molecule has 94 valence electrons. The number of pyridine rings is 1. The third-order valence-corrected chi connectivity index (χ3v) is 2.72. The van der Waals surface area contributed by atoms with Gasteiger partial charge in [0.15, 0.2) is 5.76 Å². The molecule has 2 aromatic heterocycles. The highest BCUT2D eigenvalue weighted by Crippen LogP contribution is 2.20. The first kappa shape index (κ1) is 12.5. The van der Waals surface area contributed by atoms with Gasteiger partial charge in [0.25, 0.3) is 0 Å². The van der Waals surface area contributed by atoms with Gasteiger partial charge >= 0.3 is 0 Å². The molecule has 3 N–H and O–H groups in total. The number of hydrogen-bond donors (Lipinski definition) is 2. The van der Waals surface area contributed by atoms with E-state index in [4.69, 9.17) is 22.5 Å². The summed E-state index contributed by atoms with van der Waals surface area (Å²) in [5, 5.41) is 6.89. The van der Waals surface area contributed by atoms with Crippen LogP contribution in [0.4, 0.5) is 5.69 Å². The monoisotopic (exact) mass is 262 g/mol. The molecular formula is C12H14N4OS. The maximum Gasteiger partial charge on any atom is 0.155 e. The molecule has 0 aliphatic rings. The summed E-state index contributed by atoms with van der Waals surface area (Å²) in [6.45, 7) is 4.34. The molecule has 18 heavy (non-hydrogen) atoms. The summed E-state index contributed by atoms with van der Waals surface area (Å²) in [6, 6.07) is 3.71. The van der Waals surface area contributed by atoms with E-state index in [9.17, 15) is 0 Å². The number of hydrogen-bond acceptors (Lipinski definition) is 5. The van der Waals surface area contributed by atoms with Crippen molar-refractivity contribution in [3.8, 4) is 0 Å². The number of thiocarbonyl (C=S) groups is 1. The molecule has 0 aliphatic heterocycles.